The van der Waals surface area contributed by atoms with E-state index in [0.29, 0.717) is 9.90 Å². The van der Waals surface area contributed by atoms with Crippen LogP contribution >= 0.6 is 22.9 Å². The van der Waals surface area contributed by atoms with E-state index in [1.54, 1.807) is 6.07 Å². The molecule has 0 aliphatic heterocycles. The minimum Gasteiger partial charge on any atom is -0.465 e. The van der Waals surface area contributed by atoms with Crippen LogP contribution in [0.2, 0.25) is 5.02 Å². The molecule has 82 valence electrons. The van der Waals surface area contributed by atoms with Crippen molar-refractivity contribution in [3.8, 4) is 10.4 Å². The predicted molar refractivity (Wildman–Crippen MR) is 66.1 cm³/mol. The quantitative estimate of drug-likeness (QED) is 0.759. The Morgan fingerprint density at radius 2 is 1.88 bits per heavy atom. The van der Waals surface area contributed by atoms with E-state index < -0.39 is 0 Å². The highest BCUT2D eigenvalue weighted by molar-refractivity contribution is 7.17. The maximum Gasteiger partial charge on any atom is 0.348 e. The third-order valence-corrected chi connectivity index (χ3v) is 3.49. The Kier molecular flexibility index (Phi) is 3.27. The fourth-order valence-electron chi connectivity index (χ4n) is 1.32. The summed E-state index contributed by atoms with van der Waals surface area (Å²) < 4.78 is 4.65. The van der Waals surface area contributed by atoms with E-state index in [9.17, 15) is 4.79 Å². The molecular formula is C12H9ClO2S. The van der Waals surface area contributed by atoms with Crippen molar-refractivity contribution in [3.05, 3.63) is 46.3 Å². The first-order valence-corrected chi connectivity index (χ1v) is 5.84. The normalized spacial score (nSPS) is 10.1. The number of methoxy groups -OCH3 is 1. The van der Waals surface area contributed by atoms with Crippen molar-refractivity contribution in [1.29, 1.82) is 0 Å². The van der Waals surface area contributed by atoms with Crippen LogP contribution in [0.4, 0.5) is 0 Å². The van der Waals surface area contributed by atoms with Crippen molar-refractivity contribution in [3.63, 3.8) is 0 Å². The van der Waals surface area contributed by atoms with Crippen molar-refractivity contribution in [2.24, 2.45) is 0 Å². The molecule has 0 unspecified atom stereocenters. The van der Waals surface area contributed by atoms with Gasteiger partial charge >= 0.3 is 5.97 Å². The van der Waals surface area contributed by atoms with Gasteiger partial charge in [0.2, 0.25) is 0 Å². The van der Waals surface area contributed by atoms with Gasteiger partial charge in [0.1, 0.15) is 4.88 Å². The minimum atomic E-state index is -0.301. The summed E-state index contributed by atoms with van der Waals surface area (Å²) in [5, 5.41) is 0.702. The monoisotopic (exact) mass is 252 g/mol. The number of hydrogen-bond donors (Lipinski definition) is 0. The summed E-state index contributed by atoms with van der Waals surface area (Å²) in [4.78, 5) is 12.9. The minimum absolute atomic E-state index is 0.301. The fraction of sp³-hybridized carbons (Fsp3) is 0.0833. The van der Waals surface area contributed by atoms with Gasteiger partial charge < -0.3 is 4.74 Å². The molecule has 2 nitrogen and oxygen atoms in total. The lowest BCUT2D eigenvalue weighted by molar-refractivity contribution is 0.0606. The van der Waals surface area contributed by atoms with E-state index in [1.807, 2.05) is 30.3 Å². The summed E-state index contributed by atoms with van der Waals surface area (Å²) in [6.07, 6.45) is 0. The van der Waals surface area contributed by atoms with Crippen LogP contribution in [0.1, 0.15) is 9.67 Å². The van der Waals surface area contributed by atoms with Crippen LogP contribution < -0.4 is 0 Å². The molecule has 0 spiro atoms. The lowest BCUT2D eigenvalue weighted by Crippen LogP contribution is -1.96. The number of halogens is 1. The van der Waals surface area contributed by atoms with Crippen molar-refractivity contribution in [1.82, 2.24) is 0 Å². The molecule has 0 bridgehead atoms. The second-order valence-electron chi connectivity index (χ2n) is 3.16. The Hall–Kier alpha value is -1.32. The third kappa shape index (κ3) is 2.26. The van der Waals surface area contributed by atoms with E-state index in [-0.39, 0.29) is 5.97 Å². The largest absolute Gasteiger partial charge is 0.465 e. The van der Waals surface area contributed by atoms with Crippen LogP contribution in [0.15, 0.2) is 36.4 Å². The fourth-order valence-corrected chi connectivity index (χ4v) is 2.37. The zero-order valence-electron chi connectivity index (χ0n) is 8.57. The van der Waals surface area contributed by atoms with Crippen molar-refractivity contribution in [2.75, 3.05) is 7.11 Å². The van der Waals surface area contributed by atoms with Crippen molar-refractivity contribution < 1.29 is 9.53 Å². The van der Waals surface area contributed by atoms with Gasteiger partial charge in [-0.15, -0.1) is 11.3 Å². The number of ether oxygens (including phenoxy) is 1. The lowest BCUT2D eigenvalue weighted by Gasteiger charge is -1.96. The summed E-state index contributed by atoms with van der Waals surface area (Å²) >= 11 is 7.21. The molecule has 1 aromatic heterocycles. The molecule has 16 heavy (non-hydrogen) atoms. The van der Waals surface area contributed by atoms with E-state index in [1.165, 1.54) is 18.4 Å². The molecule has 0 amide bonds. The lowest BCUT2D eigenvalue weighted by atomic mass is 10.2. The Bertz CT molecular complexity index is 502. The SMILES string of the molecule is COC(=O)c1ccc(-c2ccc(Cl)cc2)s1. The predicted octanol–water partition coefficient (Wildman–Crippen LogP) is 3.86. The molecule has 4 heteroatoms. The second kappa shape index (κ2) is 4.68. The smallest absolute Gasteiger partial charge is 0.348 e. The average molecular weight is 253 g/mol. The summed E-state index contributed by atoms with van der Waals surface area (Å²) in [7, 11) is 1.38. The highest BCUT2D eigenvalue weighted by Gasteiger charge is 2.09. The molecular weight excluding hydrogens is 244 g/mol. The summed E-state index contributed by atoms with van der Waals surface area (Å²) in [6.45, 7) is 0. The molecule has 0 aliphatic carbocycles. The second-order valence-corrected chi connectivity index (χ2v) is 4.68. The maximum atomic E-state index is 11.3. The van der Waals surface area contributed by atoms with Crippen molar-refractivity contribution >= 4 is 28.9 Å². The molecule has 0 saturated carbocycles. The standard InChI is InChI=1S/C12H9ClO2S/c1-15-12(14)11-7-6-10(16-11)8-2-4-9(13)5-3-8/h2-7H,1H3. The maximum absolute atomic E-state index is 11.3. The molecule has 0 N–H and O–H groups in total. The molecule has 2 aromatic rings. The highest BCUT2D eigenvalue weighted by Crippen LogP contribution is 2.29. The zero-order valence-corrected chi connectivity index (χ0v) is 10.1. The van der Waals surface area contributed by atoms with Gasteiger partial charge in [0.05, 0.1) is 7.11 Å². The van der Waals surface area contributed by atoms with Gasteiger partial charge in [-0.3, -0.25) is 0 Å². The number of esters is 1. The van der Waals surface area contributed by atoms with E-state index in [0.717, 1.165) is 10.4 Å². The molecule has 0 saturated heterocycles. The number of rotatable bonds is 2. The van der Waals surface area contributed by atoms with Gasteiger partial charge in [-0.05, 0) is 29.8 Å². The first-order chi connectivity index (χ1) is 7.70. The molecule has 0 atom stereocenters. The molecule has 2 rings (SSSR count). The van der Waals surface area contributed by atoms with Crippen LogP contribution in [0.3, 0.4) is 0 Å². The van der Waals surface area contributed by atoms with Gasteiger partial charge in [-0.25, -0.2) is 4.79 Å². The molecule has 1 aromatic carbocycles. The average Bonchev–Trinajstić information content (AvgIpc) is 2.78. The van der Waals surface area contributed by atoms with Crippen LogP contribution in [0.25, 0.3) is 10.4 Å². The Morgan fingerprint density at radius 3 is 2.50 bits per heavy atom. The van der Waals surface area contributed by atoms with E-state index >= 15 is 0 Å². The molecule has 1 heterocycles. The first-order valence-electron chi connectivity index (χ1n) is 4.65. The zero-order chi connectivity index (χ0) is 11.5. The molecule has 0 aliphatic rings. The van der Waals surface area contributed by atoms with Gasteiger partial charge in [0, 0.05) is 9.90 Å². The number of hydrogen-bond acceptors (Lipinski definition) is 3. The number of carbonyl (C=O) groups excluding carboxylic acids is 1. The van der Waals surface area contributed by atoms with Crippen LogP contribution in [-0.4, -0.2) is 13.1 Å². The van der Waals surface area contributed by atoms with E-state index in [2.05, 4.69) is 4.74 Å². The number of carbonyl (C=O) groups is 1. The van der Waals surface area contributed by atoms with E-state index in [4.69, 9.17) is 11.6 Å². The van der Waals surface area contributed by atoms with Crippen molar-refractivity contribution in [2.45, 2.75) is 0 Å². The van der Waals surface area contributed by atoms with Gasteiger partial charge in [-0.2, -0.15) is 0 Å². The summed E-state index contributed by atoms with van der Waals surface area (Å²) in [6, 6.07) is 11.2. The highest BCUT2D eigenvalue weighted by atomic mass is 35.5. The first kappa shape index (κ1) is 11.2. The van der Waals surface area contributed by atoms with Crippen LogP contribution in [0.5, 0.6) is 0 Å². The number of benzene rings is 1. The molecule has 0 fully saturated rings. The topological polar surface area (TPSA) is 26.3 Å². The summed E-state index contributed by atoms with van der Waals surface area (Å²) in [5.74, 6) is -0.301. The van der Waals surface area contributed by atoms with Crippen LogP contribution in [0, 0.1) is 0 Å². The summed E-state index contributed by atoms with van der Waals surface area (Å²) in [5.41, 5.74) is 1.05. The Labute approximate surface area is 102 Å². The third-order valence-electron chi connectivity index (χ3n) is 2.12. The number of thiophene rings is 1. The van der Waals surface area contributed by atoms with Gasteiger partial charge in [0.25, 0.3) is 0 Å². The van der Waals surface area contributed by atoms with Crippen LogP contribution in [-0.2, 0) is 4.74 Å². The Morgan fingerprint density at radius 1 is 1.19 bits per heavy atom. The molecule has 0 radical (unpaired) electrons. The Balaban J connectivity index is 2.31. The van der Waals surface area contributed by atoms with Gasteiger partial charge in [0.15, 0.2) is 0 Å². The van der Waals surface area contributed by atoms with Gasteiger partial charge in [-0.1, -0.05) is 23.7 Å².